The summed E-state index contributed by atoms with van der Waals surface area (Å²) in [6.45, 7) is 8.44. The third-order valence-corrected chi connectivity index (χ3v) is 4.42. The second-order valence-corrected chi connectivity index (χ2v) is 6.64. The Hall–Kier alpha value is -1.65. The first-order chi connectivity index (χ1) is 10.5. The molecule has 2 heterocycles. The SMILES string of the molecule is Cc1ccccc1[C@]1(O)CCN(Cc2coc(C(C)C)n2)C1. The van der Waals surface area contributed by atoms with E-state index < -0.39 is 5.60 Å². The summed E-state index contributed by atoms with van der Waals surface area (Å²) in [7, 11) is 0. The van der Waals surface area contributed by atoms with Crippen molar-refractivity contribution in [3.63, 3.8) is 0 Å². The van der Waals surface area contributed by atoms with Gasteiger partial charge in [0, 0.05) is 25.6 Å². The highest BCUT2D eigenvalue weighted by Gasteiger charge is 2.38. The summed E-state index contributed by atoms with van der Waals surface area (Å²) in [5.41, 5.74) is 2.38. The maximum atomic E-state index is 11.0. The molecule has 1 aliphatic rings. The van der Waals surface area contributed by atoms with Gasteiger partial charge in [-0.1, -0.05) is 38.1 Å². The van der Waals surface area contributed by atoms with Crippen molar-refractivity contribution in [1.29, 1.82) is 0 Å². The molecule has 2 aromatic rings. The van der Waals surface area contributed by atoms with Gasteiger partial charge in [-0.2, -0.15) is 0 Å². The lowest BCUT2D eigenvalue weighted by atomic mass is 9.89. The maximum absolute atomic E-state index is 11.0. The van der Waals surface area contributed by atoms with Gasteiger partial charge in [-0.05, 0) is 24.5 Å². The lowest BCUT2D eigenvalue weighted by Gasteiger charge is -2.25. The van der Waals surface area contributed by atoms with Crippen molar-refractivity contribution in [3.05, 3.63) is 53.2 Å². The minimum atomic E-state index is -0.754. The number of rotatable bonds is 4. The molecule has 1 aliphatic heterocycles. The van der Waals surface area contributed by atoms with Gasteiger partial charge in [0.05, 0.1) is 5.69 Å². The molecule has 0 saturated carbocycles. The van der Waals surface area contributed by atoms with E-state index >= 15 is 0 Å². The average molecular weight is 300 g/mol. The summed E-state index contributed by atoms with van der Waals surface area (Å²) in [4.78, 5) is 6.77. The van der Waals surface area contributed by atoms with Crippen LogP contribution in [-0.2, 0) is 12.1 Å². The quantitative estimate of drug-likeness (QED) is 0.942. The van der Waals surface area contributed by atoms with Crippen molar-refractivity contribution in [2.75, 3.05) is 13.1 Å². The number of nitrogens with zero attached hydrogens (tertiary/aromatic N) is 2. The number of β-amino-alcohol motifs (C(OH)–C–C–N with tert-alkyl or cyclic N) is 1. The van der Waals surface area contributed by atoms with E-state index in [0.717, 1.165) is 42.2 Å². The zero-order valence-electron chi connectivity index (χ0n) is 13.5. The van der Waals surface area contributed by atoms with Crippen LogP contribution >= 0.6 is 0 Å². The van der Waals surface area contributed by atoms with Gasteiger partial charge in [0.2, 0.25) is 0 Å². The number of benzene rings is 1. The van der Waals surface area contributed by atoms with Crippen LogP contribution in [-0.4, -0.2) is 28.1 Å². The van der Waals surface area contributed by atoms with Gasteiger partial charge < -0.3 is 9.52 Å². The summed E-state index contributed by atoms with van der Waals surface area (Å²) >= 11 is 0. The molecule has 1 aromatic heterocycles. The fourth-order valence-electron chi connectivity index (χ4n) is 3.21. The van der Waals surface area contributed by atoms with Gasteiger partial charge in [0.1, 0.15) is 11.9 Å². The minimum absolute atomic E-state index is 0.302. The van der Waals surface area contributed by atoms with Crippen LogP contribution in [0.2, 0.25) is 0 Å². The molecule has 1 atom stereocenters. The number of hydrogen-bond donors (Lipinski definition) is 1. The van der Waals surface area contributed by atoms with Crippen molar-refractivity contribution in [2.24, 2.45) is 0 Å². The van der Waals surface area contributed by atoms with Crippen molar-refractivity contribution in [1.82, 2.24) is 9.88 Å². The molecule has 1 fully saturated rings. The van der Waals surface area contributed by atoms with Gasteiger partial charge in [0.25, 0.3) is 0 Å². The lowest BCUT2D eigenvalue weighted by molar-refractivity contribution is 0.0445. The zero-order valence-corrected chi connectivity index (χ0v) is 13.5. The Morgan fingerprint density at radius 1 is 1.36 bits per heavy atom. The van der Waals surface area contributed by atoms with Crippen LogP contribution in [0.3, 0.4) is 0 Å². The van der Waals surface area contributed by atoms with Gasteiger partial charge in [-0.15, -0.1) is 0 Å². The lowest BCUT2D eigenvalue weighted by Crippen LogP contribution is -2.31. The molecule has 22 heavy (non-hydrogen) atoms. The summed E-state index contributed by atoms with van der Waals surface area (Å²) < 4.78 is 5.49. The Balaban J connectivity index is 1.70. The van der Waals surface area contributed by atoms with Crippen LogP contribution < -0.4 is 0 Å². The number of aryl methyl sites for hydroxylation is 1. The van der Waals surface area contributed by atoms with E-state index in [0.29, 0.717) is 12.5 Å². The van der Waals surface area contributed by atoms with Crippen molar-refractivity contribution >= 4 is 0 Å². The highest BCUT2D eigenvalue weighted by atomic mass is 16.3. The van der Waals surface area contributed by atoms with E-state index in [-0.39, 0.29) is 0 Å². The molecule has 3 rings (SSSR count). The van der Waals surface area contributed by atoms with E-state index in [1.54, 1.807) is 6.26 Å². The molecule has 4 heteroatoms. The number of likely N-dealkylation sites (tertiary alicyclic amines) is 1. The molecule has 0 amide bonds. The van der Waals surface area contributed by atoms with Gasteiger partial charge in [0.15, 0.2) is 5.89 Å². The molecular weight excluding hydrogens is 276 g/mol. The van der Waals surface area contributed by atoms with Gasteiger partial charge in [-0.25, -0.2) is 4.98 Å². The first-order valence-electron chi connectivity index (χ1n) is 7.93. The van der Waals surface area contributed by atoms with Crippen molar-refractivity contribution in [2.45, 2.75) is 45.3 Å². The predicted octanol–water partition coefficient (Wildman–Crippen LogP) is 3.20. The second kappa shape index (κ2) is 5.86. The van der Waals surface area contributed by atoms with Crippen LogP contribution in [0.15, 0.2) is 34.9 Å². The molecular formula is C18H24N2O2. The molecule has 0 radical (unpaired) electrons. The Morgan fingerprint density at radius 3 is 2.82 bits per heavy atom. The third kappa shape index (κ3) is 2.94. The van der Waals surface area contributed by atoms with Crippen LogP contribution in [0.5, 0.6) is 0 Å². The fraction of sp³-hybridized carbons (Fsp3) is 0.500. The van der Waals surface area contributed by atoms with Crippen LogP contribution in [0.1, 0.15) is 48.9 Å². The molecule has 0 unspecified atom stereocenters. The monoisotopic (exact) mass is 300 g/mol. The van der Waals surface area contributed by atoms with Crippen LogP contribution in [0, 0.1) is 6.92 Å². The number of oxazole rings is 1. The number of hydrogen-bond acceptors (Lipinski definition) is 4. The molecule has 1 aromatic carbocycles. The van der Waals surface area contributed by atoms with Crippen molar-refractivity contribution < 1.29 is 9.52 Å². The molecule has 1 saturated heterocycles. The minimum Gasteiger partial charge on any atom is -0.448 e. The molecule has 1 N–H and O–H groups in total. The van der Waals surface area contributed by atoms with Gasteiger partial charge in [-0.3, -0.25) is 4.90 Å². The number of aromatic nitrogens is 1. The smallest absolute Gasteiger partial charge is 0.196 e. The first-order valence-corrected chi connectivity index (χ1v) is 7.93. The topological polar surface area (TPSA) is 49.5 Å². The Bertz CT molecular complexity index is 650. The molecule has 0 spiro atoms. The zero-order chi connectivity index (χ0) is 15.7. The van der Waals surface area contributed by atoms with Crippen LogP contribution in [0.25, 0.3) is 0 Å². The third-order valence-electron chi connectivity index (χ3n) is 4.42. The Kier molecular flexibility index (Phi) is 4.06. The molecule has 0 bridgehead atoms. The normalized spacial score (nSPS) is 22.6. The van der Waals surface area contributed by atoms with E-state index in [1.807, 2.05) is 18.2 Å². The van der Waals surface area contributed by atoms with Crippen molar-refractivity contribution in [3.8, 4) is 0 Å². The summed E-state index contributed by atoms with van der Waals surface area (Å²) in [6, 6.07) is 8.10. The molecule has 0 aliphatic carbocycles. The molecule has 4 nitrogen and oxygen atoms in total. The summed E-state index contributed by atoms with van der Waals surface area (Å²) in [5.74, 6) is 1.08. The Labute approximate surface area is 131 Å². The maximum Gasteiger partial charge on any atom is 0.196 e. The highest BCUT2D eigenvalue weighted by molar-refractivity contribution is 5.32. The standard InChI is InChI=1S/C18H24N2O2/c1-13(2)17-19-15(11-22-17)10-20-9-8-18(21,12-20)16-7-5-4-6-14(16)3/h4-7,11,13,21H,8-10,12H2,1-3H3/t18-/m0/s1. The van der Waals surface area contributed by atoms with Gasteiger partial charge >= 0.3 is 0 Å². The van der Waals surface area contributed by atoms with E-state index in [4.69, 9.17) is 4.42 Å². The van der Waals surface area contributed by atoms with E-state index in [9.17, 15) is 5.11 Å². The summed E-state index contributed by atoms with van der Waals surface area (Å²) in [5, 5.41) is 11.0. The van der Waals surface area contributed by atoms with E-state index in [1.165, 1.54) is 0 Å². The average Bonchev–Trinajstić information content (AvgIpc) is 3.08. The Morgan fingerprint density at radius 2 is 2.14 bits per heavy atom. The largest absolute Gasteiger partial charge is 0.448 e. The fourth-order valence-corrected chi connectivity index (χ4v) is 3.21. The highest BCUT2D eigenvalue weighted by Crippen LogP contribution is 2.34. The first kappa shape index (κ1) is 15.3. The second-order valence-electron chi connectivity index (χ2n) is 6.64. The van der Waals surface area contributed by atoms with Crippen LogP contribution in [0.4, 0.5) is 0 Å². The molecule has 118 valence electrons. The van der Waals surface area contributed by atoms with E-state index in [2.05, 4.69) is 36.7 Å². The predicted molar refractivity (Wildman–Crippen MR) is 85.6 cm³/mol. The number of aliphatic hydroxyl groups is 1. The summed E-state index contributed by atoms with van der Waals surface area (Å²) in [6.07, 6.45) is 2.49.